The molecule has 2 rings (SSSR count). The lowest BCUT2D eigenvalue weighted by atomic mass is 10.0. The van der Waals surface area contributed by atoms with Crippen LogP contribution < -0.4 is 0 Å². The fourth-order valence-electron chi connectivity index (χ4n) is 3.22. The summed E-state index contributed by atoms with van der Waals surface area (Å²) in [5.74, 6) is -0.0140. The Kier molecular flexibility index (Phi) is 4.52. The van der Waals surface area contributed by atoms with Gasteiger partial charge < -0.3 is 14.8 Å². The molecule has 0 unspecified atom stereocenters. The maximum Gasteiger partial charge on any atom is 0.270 e. The third kappa shape index (κ3) is 3.02. The molecule has 0 saturated carbocycles. The Morgan fingerprint density at radius 3 is 2.29 bits per heavy atom. The predicted octanol–water partition coefficient (Wildman–Crippen LogP) is 2.00. The lowest BCUT2D eigenvalue weighted by Crippen LogP contribution is -2.44. The summed E-state index contributed by atoms with van der Waals surface area (Å²) in [6.07, 6.45) is 1.99. The van der Waals surface area contributed by atoms with Gasteiger partial charge in [0.05, 0.1) is 0 Å². The predicted molar refractivity (Wildman–Crippen MR) is 82.9 cm³/mol. The minimum Gasteiger partial charge on any atom is -0.354 e. The van der Waals surface area contributed by atoms with Crippen molar-refractivity contribution in [1.82, 2.24) is 14.8 Å². The Morgan fingerprint density at radius 2 is 1.81 bits per heavy atom. The monoisotopic (exact) mass is 291 g/mol. The molecule has 1 aromatic rings. The number of likely N-dealkylation sites (tertiary alicyclic amines) is 1. The Bertz CT molecular complexity index is 554. The van der Waals surface area contributed by atoms with Crippen molar-refractivity contribution in [2.75, 3.05) is 27.2 Å². The lowest BCUT2D eigenvalue weighted by Gasteiger charge is -2.35. The fourth-order valence-corrected chi connectivity index (χ4v) is 3.22. The summed E-state index contributed by atoms with van der Waals surface area (Å²) < 4.78 is 0. The largest absolute Gasteiger partial charge is 0.354 e. The fraction of sp³-hybridized carbons (Fsp3) is 0.625. The number of aryl methyl sites for hydroxylation is 1. The molecule has 5 nitrogen and oxygen atoms in total. The van der Waals surface area contributed by atoms with Crippen LogP contribution in [0.5, 0.6) is 0 Å². The van der Waals surface area contributed by atoms with Gasteiger partial charge >= 0.3 is 0 Å². The highest BCUT2D eigenvalue weighted by Crippen LogP contribution is 2.22. The molecule has 1 N–H and O–H groups in total. The van der Waals surface area contributed by atoms with Crippen LogP contribution in [0, 0.1) is 13.8 Å². The van der Waals surface area contributed by atoms with Crippen LogP contribution in [-0.4, -0.2) is 59.7 Å². The maximum absolute atomic E-state index is 12.7. The average Bonchev–Trinajstić information content (AvgIpc) is 2.73. The van der Waals surface area contributed by atoms with Crippen molar-refractivity contribution in [2.45, 2.75) is 39.7 Å². The van der Waals surface area contributed by atoms with Crippen LogP contribution in [0.3, 0.4) is 0 Å². The molecule has 0 aromatic carbocycles. The minimum absolute atomic E-state index is 0.00208. The number of amides is 1. The minimum atomic E-state index is -0.0161. The standard InChI is InChI=1S/C16H25N3O2/c1-10-14(12(3)20)11(2)17-15(10)16(21)19(5)13-6-8-18(4)9-7-13/h13,17H,6-9H2,1-5H3. The van der Waals surface area contributed by atoms with Crippen molar-refractivity contribution in [3.05, 3.63) is 22.5 Å². The van der Waals surface area contributed by atoms with Crippen LogP contribution in [0.1, 0.15) is 51.9 Å². The summed E-state index contributed by atoms with van der Waals surface area (Å²) in [7, 11) is 3.97. The number of nitrogens with zero attached hydrogens (tertiary/aromatic N) is 2. The van der Waals surface area contributed by atoms with E-state index in [2.05, 4.69) is 16.9 Å². The quantitative estimate of drug-likeness (QED) is 0.867. The van der Waals surface area contributed by atoms with Gasteiger partial charge in [0.25, 0.3) is 5.91 Å². The van der Waals surface area contributed by atoms with Gasteiger partial charge in [-0.15, -0.1) is 0 Å². The number of carbonyl (C=O) groups is 2. The smallest absolute Gasteiger partial charge is 0.270 e. The number of hydrogen-bond acceptors (Lipinski definition) is 3. The van der Waals surface area contributed by atoms with Crippen molar-refractivity contribution >= 4 is 11.7 Å². The second kappa shape index (κ2) is 6.02. The SMILES string of the molecule is CC(=O)c1c(C)[nH]c(C(=O)N(C)C2CCN(C)CC2)c1C. The van der Waals surface area contributed by atoms with Gasteiger partial charge in [0.15, 0.2) is 5.78 Å². The number of Topliss-reactive ketones (excluding diaryl/α,β-unsaturated/α-hetero) is 1. The number of nitrogens with one attached hydrogen (secondary N) is 1. The summed E-state index contributed by atoms with van der Waals surface area (Å²) in [5, 5.41) is 0. The highest BCUT2D eigenvalue weighted by Gasteiger charge is 2.28. The van der Waals surface area contributed by atoms with E-state index in [1.165, 1.54) is 6.92 Å². The zero-order chi connectivity index (χ0) is 15.7. The molecule has 116 valence electrons. The number of hydrogen-bond donors (Lipinski definition) is 1. The molecular formula is C16H25N3O2. The molecule has 2 heterocycles. The Balaban J connectivity index is 2.20. The van der Waals surface area contributed by atoms with Crippen LogP contribution in [-0.2, 0) is 0 Å². The van der Waals surface area contributed by atoms with Crippen LogP contribution in [0.4, 0.5) is 0 Å². The first kappa shape index (κ1) is 15.8. The summed E-state index contributed by atoms with van der Waals surface area (Å²) in [5.41, 5.74) is 2.75. The Labute approximate surface area is 126 Å². The van der Waals surface area contributed by atoms with Crippen LogP contribution in [0.15, 0.2) is 0 Å². The molecule has 0 radical (unpaired) electrons. The molecule has 1 amide bonds. The average molecular weight is 291 g/mol. The molecular weight excluding hydrogens is 266 g/mol. The third-order valence-corrected chi connectivity index (χ3v) is 4.56. The van der Waals surface area contributed by atoms with Gasteiger partial charge in [-0.3, -0.25) is 9.59 Å². The van der Waals surface area contributed by atoms with E-state index in [1.807, 2.05) is 25.8 Å². The first-order valence-corrected chi connectivity index (χ1v) is 7.48. The summed E-state index contributed by atoms with van der Waals surface area (Å²) in [6, 6.07) is 0.275. The first-order chi connectivity index (χ1) is 9.82. The van der Waals surface area contributed by atoms with E-state index in [4.69, 9.17) is 0 Å². The van der Waals surface area contributed by atoms with Crippen molar-refractivity contribution in [1.29, 1.82) is 0 Å². The van der Waals surface area contributed by atoms with Crippen LogP contribution >= 0.6 is 0 Å². The number of piperidine rings is 1. The van der Waals surface area contributed by atoms with E-state index in [9.17, 15) is 9.59 Å². The van der Waals surface area contributed by atoms with E-state index < -0.39 is 0 Å². The molecule has 0 bridgehead atoms. The topological polar surface area (TPSA) is 56.4 Å². The molecule has 1 aromatic heterocycles. The van der Waals surface area contributed by atoms with Gasteiger partial charge in [-0.25, -0.2) is 0 Å². The van der Waals surface area contributed by atoms with E-state index in [0.29, 0.717) is 11.3 Å². The molecule has 1 fully saturated rings. The van der Waals surface area contributed by atoms with E-state index in [1.54, 1.807) is 0 Å². The number of aromatic nitrogens is 1. The Hall–Kier alpha value is -1.62. The van der Waals surface area contributed by atoms with Gasteiger partial charge in [0, 0.05) is 24.3 Å². The van der Waals surface area contributed by atoms with E-state index in [-0.39, 0.29) is 17.7 Å². The molecule has 1 saturated heterocycles. The molecule has 5 heteroatoms. The zero-order valence-electron chi connectivity index (χ0n) is 13.6. The number of H-pyrrole nitrogens is 1. The third-order valence-electron chi connectivity index (χ3n) is 4.56. The van der Waals surface area contributed by atoms with Crippen LogP contribution in [0.25, 0.3) is 0 Å². The van der Waals surface area contributed by atoms with Gasteiger partial charge in [-0.1, -0.05) is 0 Å². The lowest BCUT2D eigenvalue weighted by molar-refractivity contribution is 0.0653. The molecule has 0 spiro atoms. The summed E-state index contributed by atoms with van der Waals surface area (Å²) >= 11 is 0. The zero-order valence-corrected chi connectivity index (χ0v) is 13.6. The van der Waals surface area contributed by atoms with Gasteiger partial charge in [-0.2, -0.15) is 0 Å². The highest BCUT2D eigenvalue weighted by molar-refractivity contribution is 6.02. The van der Waals surface area contributed by atoms with Crippen LogP contribution in [0.2, 0.25) is 0 Å². The molecule has 0 atom stereocenters. The van der Waals surface area contributed by atoms with E-state index in [0.717, 1.165) is 37.2 Å². The number of carbonyl (C=O) groups excluding carboxylic acids is 2. The summed E-state index contributed by atoms with van der Waals surface area (Å²) in [6.45, 7) is 7.26. The van der Waals surface area contributed by atoms with Crippen molar-refractivity contribution in [3.63, 3.8) is 0 Å². The van der Waals surface area contributed by atoms with E-state index >= 15 is 0 Å². The highest BCUT2D eigenvalue weighted by atomic mass is 16.2. The number of rotatable bonds is 3. The van der Waals surface area contributed by atoms with Crippen molar-refractivity contribution < 1.29 is 9.59 Å². The molecule has 1 aliphatic rings. The van der Waals surface area contributed by atoms with Crippen molar-refractivity contribution in [3.8, 4) is 0 Å². The van der Waals surface area contributed by atoms with Gasteiger partial charge in [0.1, 0.15) is 5.69 Å². The van der Waals surface area contributed by atoms with Gasteiger partial charge in [-0.05, 0) is 59.3 Å². The first-order valence-electron chi connectivity index (χ1n) is 7.48. The second-order valence-electron chi connectivity index (χ2n) is 6.13. The normalized spacial score (nSPS) is 17.0. The second-order valence-corrected chi connectivity index (χ2v) is 6.13. The number of ketones is 1. The molecule has 0 aliphatic carbocycles. The molecule has 1 aliphatic heterocycles. The molecule has 21 heavy (non-hydrogen) atoms. The number of aromatic amines is 1. The maximum atomic E-state index is 12.7. The Morgan fingerprint density at radius 1 is 1.24 bits per heavy atom. The summed E-state index contributed by atoms with van der Waals surface area (Å²) in [4.78, 5) is 31.6. The van der Waals surface area contributed by atoms with Gasteiger partial charge in [0.2, 0.25) is 0 Å². The van der Waals surface area contributed by atoms with Crippen molar-refractivity contribution in [2.24, 2.45) is 0 Å².